The molecule has 4 nitrogen and oxygen atoms in total. The van der Waals surface area contributed by atoms with Crippen LogP contribution in [0.1, 0.15) is 142 Å². The normalized spacial score (nSPS) is 11.0. The van der Waals surface area contributed by atoms with Gasteiger partial charge < -0.3 is 10.2 Å². The summed E-state index contributed by atoms with van der Waals surface area (Å²) in [7, 11) is 0. The molecular formula is C27H44O4. The van der Waals surface area contributed by atoms with Crippen LogP contribution in [0.2, 0.25) is 0 Å². The number of carbonyl (C=O) groups is 2. The molecular weight excluding hydrogens is 388 g/mol. The Morgan fingerprint density at radius 1 is 0.645 bits per heavy atom. The third kappa shape index (κ3) is 10.8. The average molecular weight is 433 g/mol. The minimum absolute atomic E-state index is 0.0338. The number of benzene rings is 1. The third-order valence-electron chi connectivity index (χ3n) is 6.26. The van der Waals surface area contributed by atoms with Crippen molar-refractivity contribution in [3.63, 3.8) is 0 Å². The minimum atomic E-state index is -1.18. The molecule has 0 atom stereocenters. The summed E-state index contributed by atoms with van der Waals surface area (Å²) in [6, 6.07) is 3.25. The molecule has 0 aliphatic heterocycles. The Bertz CT molecular complexity index is 651. The molecule has 1 rings (SSSR count). The summed E-state index contributed by atoms with van der Waals surface area (Å²) in [5, 5.41) is 18.8. The Kier molecular flexibility index (Phi) is 14.7. The van der Waals surface area contributed by atoms with Crippen molar-refractivity contribution in [2.24, 2.45) is 0 Å². The largest absolute Gasteiger partial charge is 0.478 e. The standard InChI is InChI=1S/C27H44O4/c1-3-5-6-7-8-9-10-11-12-13-14-15-16-17-18-19-22-20-21-24(26(28)29)25(27(30)31)23(22)4-2/h20-21H,3-19H2,1-2H3,(H,28,29)(H,30,31). The fourth-order valence-electron chi connectivity index (χ4n) is 4.44. The zero-order valence-electron chi connectivity index (χ0n) is 19.9. The topological polar surface area (TPSA) is 74.6 Å². The van der Waals surface area contributed by atoms with Crippen molar-refractivity contribution in [2.45, 2.75) is 123 Å². The first-order chi connectivity index (χ1) is 15.0. The second-order valence-electron chi connectivity index (χ2n) is 8.79. The van der Waals surface area contributed by atoms with Gasteiger partial charge in [0.05, 0.1) is 11.1 Å². The van der Waals surface area contributed by atoms with E-state index in [2.05, 4.69) is 6.92 Å². The summed E-state index contributed by atoms with van der Waals surface area (Å²) < 4.78 is 0. The van der Waals surface area contributed by atoms with Gasteiger partial charge in [-0.2, -0.15) is 0 Å². The molecule has 1 aromatic rings. The molecule has 0 heterocycles. The van der Waals surface area contributed by atoms with Gasteiger partial charge in [-0.15, -0.1) is 0 Å². The van der Waals surface area contributed by atoms with Crippen LogP contribution in [0.25, 0.3) is 0 Å². The number of hydrogen-bond acceptors (Lipinski definition) is 2. The molecule has 31 heavy (non-hydrogen) atoms. The lowest BCUT2D eigenvalue weighted by Crippen LogP contribution is -2.13. The van der Waals surface area contributed by atoms with E-state index in [-0.39, 0.29) is 11.1 Å². The molecule has 0 radical (unpaired) electrons. The van der Waals surface area contributed by atoms with Crippen molar-refractivity contribution in [2.75, 3.05) is 0 Å². The van der Waals surface area contributed by atoms with Crippen LogP contribution in [0.4, 0.5) is 0 Å². The van der Waals surface area contributed by atoms with Crippen molar-refractivity contribution < 1.29 is 19.8 Å². The molecule has 0 spiro atoms. The molecule has 1 aromatic carbocycles. The van der Waals surface area contributed by atoms with E-state index in [1.807, 2.05) is 6.92 Å². The van der Waals surface area contributed by atoms with E-state index >= 15 is 0 Å². The molecule has 0 fully saturated rings. The number of unbranched alkanes of at least 4 members (excludes halogenated alkanes) is 14. The van der Waals surface area contributed by atoms with Crippen LogP contribution in [0.15, 0.2) is 12.1 Å². The average Bonchev–Trinajstić information content (AvgIpc) is 2.75. The third-order valence-corrected chi connectivity index (χ3v) is 6.26. The Morgan fingerprint density at radius 3 is 1.48 bits per heavy atom. The molecule has 0 saturated carbocycles. The smallest absolute Gasteiger partial charge is 0.336 e. The molecule has 0 unspecified atom stereocenters. The van der Waals surface area contributed by atoms with E-state index < -0.39 is 11.9 Å². The van der Waals surface area contributed by atoms with Gasteiger partial charge in [0.1, 0.15) is 0 Å². The number of aromatic carboxylic acids is 2. The van der Waals surface area contributed by atoms with Gasteiger partial charge in [-0.1, -0.05) is 110 Å². The number of rotatable bonds is 19. The monoisotopic (exact) mass is 432 g/mol. The predicted octanol–water partition coefficient (Wildman–Crippen LogP) is 8.06. The van der Waals surface area contributed by atoms with Crippen LogP contribution in [0.3, 0.4) is 0 Å². The van der Waals surface area contributed by atoms with Crippen molar-refractivity contribution in [3.8, 4) is 0 Å². The van der Waals surface area contributed by atoms with Crippen LogP contribution in [-0.2, 0) is 12.8 Å². The number of hydrogen-bond donors (Lipinski definition) is 2. The molecule has 2 N–H and O–H groups in total. The van der Waals surface area contributed by atoms with Gasteiger partial charge in [0.2, 0.25) is 0 Å². The summed E-state index contributed by atoms with van der Waals surface area (Å²) in [4.78, 5) is 23.0. The highest BCUT2D eigenvalue weighted by molar-refractivity contribution is 6.03. The van der Waals surface area contributed by atoms with E-state index in [1.54, 1.807) is 6.07 Å². The molecule has 0 aliphatic rings. The van der Waals surface area contributed by atoms with Crippen molar-refractivity contribution in [3.05, 3.63) is 34.4 Å². The Hall–Kier alpha value is -1.84. The van der Waals surface area contributed by atoms with Gasteiger partial charge in [-0.05, 0) is 36.5 Å². The summed E-state index contributed by atoms with van der Waals surface area (Å²) in [5.74, 6) is -2.32. The van der Waals surface area contributed by atoms with E-state index in [0.29, 0.717) is 12.0 Å². The van der Waals surface area contributed by atoms with Crippen molar-refractivity contribution in [1.82, 2.24) is 0 Å². The van der Waals surface area contributed by atoms with Crippen LogP contribution >= 0.6 is 0 Å². The summed E-state index contributed by atoms with van der Waals surface area (Å²) >= 11 is 0. The highest BCUT2D eigenvalue weighted by Gasteiger charge is 2.21. The predicted molar refractivity (Wildman–Crippen MR) is 128 cm³/mol. The zero-order chi connectivity index (χ0) is 22.9. The molecule has 0 amide bonds. The van der Waals surface area contributed by atoms with E-state index in [1.165, 1.54) is 89.5 Å². The Labute approximate surface area is 189 Å². The fourth-order valence-corrected chi connectivity index (χ4v) is 4.44. The maximum Gasteiger partial charge on any atom is 0.336 e. The lowest BCUT2D eigenvalue weighted by molar-refractivity contribution is 0.0650. The summed E-state index contributed by atoms with van der Waals surface area (Å²) in [5.41, 5.74) is 1.52. The van der Waals surface area contributed by atoms with Gasteiger partial charge in [0.15, 0.2) is 0 Å². The van der Waals surface area contributed by atoms with Gasteiger partial charge in [-0.3, -0.25) is 0 Å². The van der Waals surface area contributed by atoms with Crippen LogP contribution in [0.5, 0.6) is 0 Å². The van der Waals surface area contributed by atoms with Crippen molar-refractivity contribution >= 4 is 11.9 Å². The van der Waals surface area contributed by atoms with Crippen LogP contribution in [0, 0.1) is 0 Å². The SMILES string of the molecule is CCCCCCCCCCCCCCCCCc1ccc(C(=O)O)c(C(=O)O)c1CC. The molecule has 176 valence electrons. The van der Waals surface area contributed by atoms with Gasteiger partial charge >= 0.3 is 11.9 Å². The van der Waals surface area contributed by atoms with E-state index in [4.69, 9.17) is 0 Å². The van der Waals surface area contributed by atoms with E-state index in [0.717, 1.165) is 24.8 Å². The first-order valence-electron chi connectivity index (χ1n) is 12.6. The van der Waals surface area contributed by atoms with Crippen LogP contribution < -0.4 is 0 Å². The van der Waals surface area contributed by atoms with Gasteiger partial charge in [-0.25, -0.2) is 9.59 Å². The Morgan fingerprint density at radius 2 is 1.10 bits per heavy atom. The fraction of sp³-hybridized carbons (Fsp3) is 0.704. The van der Waals surface area contributed by atoms with Gasteiger partial charge in [0, 0.05) is 0 Å². The number of aryl methyl sites for hydroxylation is 1. The Balaban J connectivity index is 2.17. The van der Waals surface area contributed by atoms with Crippen molar-refractivity contribution in [1.29, 1.82) is 0 Å². The summed E-state index contributed by atoms with van der Waals surface area (Å²) in [6.45, 7) is 4.16. The summed E-state index contributed by atoms with van der Waals surface area (Å²) in [6.07, 6.45) is 21.2. The zero-order valence-corrected chi connectivity index (χ0v) is 19.9. The lowest BCUT2D eigenvalue weighted by Gasteiger charge is -2.13. The van der Waals surface area contributed by atoms with Crippen LogP contribution in [-0.4, -0.2) is 22.2 Å². The molecule has 0 bridgehead atoms. The highest BCUT2D eigenvalue weighted by Crippen LogP contribution is 2.23. The minimum Gasteiger partial charge on any atom is -0.478 e. The number of carboxylic acids is 2. The molecule has 0 saturated heterocycles. The second kappa shape index (κ2) is 16.8. The first kappa shape index (κ1) is 27.2. The van der Waals surface area contributed by atoms with E-state index in [9.17, 15) is 19.8 Å². The first-order valence-corrected chi connectivity index (χ1v) is 12.6. The molecule has 0 aromatic heterocycles. The second-order valence-corrected chi connectivity index (χ2v) is 8.79. The lowest BCUT2D eigenvalue weighted by atomic mass is 9.91. The maximum atomic E-state index is 11.6. The highest BCUT2D eigenvalue weighted by atomic mass is 16.4. The number of carboxylic acid groups (broad SMARTS) is 2. The maximum absolute atomic E-state index is 11.6. The molecule has 0 aliphatic carbocycles. The van der Waals surface area contributed by atoms with Gasteiger partial charge in [0.25, 0.3) is 0 Å². The molecule has 4 heteroatoms. The quantitative estimate of drug-likeness (QED) is 0.217.